The summed E-state index contributed by atoms with van der Waals surface area (Å²) in [6.07, 6.45) is 1.84. The van der Waals surface area contributed by atoms with Crippen LogP contribution in [0.3, 0.4) is 0 Å². The van der Waals surface area contributed by atoms with Crippen LogP contribution in [0.5, 0.6) is 0 Å². The van der Waals surface area contributed by atoms with E-state index < -0.39 is 23.4 Å². The molecule has 0 saturated heterocycles. The number of carbonyl (C=O) groups is 2. The molecule has 0 fully saturated rings. The van der Waals surface area contributed by atoms with Crippen molar-refractivity contribution in [2.45, 2.75) is 26.7 Å². The quantitative estimate of drug-likeness (QED) is 0.206. The Morgan fingerprint density at radius 2 is 1.42 bits per heavy atom. The summed E-state index contributed by atoms with van der Waals surface area (Å²) in [7, 11) is 0. The maximum absolute atomic E-state index is 14.1. The molecule has 2 heterocycles. The van der Waals surface area contributed by atoms with Gasteiger partial charge in [0, 0.05) is 0 Å². The molecule has 0 bridgehead atoms. The fourth-order valence-electron chi connectivity index (χ4n) is 6.38. The van der Waals surface area contributed by atoms with Gasteiger partial charge in [0.2, 0.25) is 0 Å². The van der Waals surface area contributed by atoms with Crippen molar-refractivity contribution in [3.8, 4) is 0 Å². The highest BCUT2D eigenvalue weighted by atomic mass is 32.1. The van der Waals surface area contributed by atoms with E-state index in [0.29, 0.717) is 14.8 Å². The van der Waals surface area contributed by atoms with Gasteiger partial charge in [-0.1, -0.05) is 84.4 Å². The highest BCUT2D eigenvalue weighted by Gasteiger charge is 2.40. The number of fused-ring (bicyclic) bond motifs is 1. The second-order valence-corrected chi connectivity index (χ2v) is 12.1. The number of nitrogens with zero attached hydrogens (tertiary/aromatic N) is 1. The lowest BCUT2D eigenvalue weighted by atomic mass is 9.83. The highest BCUT2D eigenvalue weighted by Crippen LogP contribution is 2.38. The molecule has 1 aliphatic rings. The topological polar surface area (TPSA) is 101 Å². The summed E-state index contributed by atoms with van der Waals surface area (Å²) in [5.74, 6) is -2.26. The fourth-order valence-corrected chi connectivity index (χ4v) is 7.54. The molecule has 5 aromatic carbocycles. The van der Waals surface area contributed by atoms with E-state index in [-0.39, 0.29) is 30.2 Å². The molecule has 7 nitrogen and oxygen atoms in total. The Balaban J connectivity index is 1.55. The molecule has 1 atom stereocenters. The molecule has 0 amide bonds. The number of aryl methyl sites for hydroxylation is 1. The van der Waals surface area contributed by atoms with Gasteiger partial charge >= 0.3 is 11.9 Å². The molecule has 6 aromatic rings. The van der Waals surface area contributed by atoms with Crippen molar-refractivity contribution in [2.75, 3.05) is 13.2 Å². The summed E-state index contributed by atoms with van der Waals surface area (Å²) in [4.78, 5) is 41.3. The summed E-state index contributed by atoms with van der Waals surface area (Å²) < 4.78 is 12.9. The van der Waals surface area contributed by atoms with Crippen molar-refractivity contribution in [2.24, 2.45) is 5.73 Å². The van der Waals surface area contributed by atoms with Gasteiger partial charge in [0.15, 0.2) is 0 Å². The number of rotatable bonds is 6. The highest BCUT2D eigenvalue weighted by molar-refractivity contribution is 7.07. The molecular formula is C37H30N2O5S. The van der Waals surface area contributed by atoms with Gasteiger partial charge in [-0.25, -0.2) is 9.59 Å². The smallest absolute Gasteiger partial charge is 0.338 e. The molecular weight excluding hydrogens is 584 g/mol. The van der Waals surface area contributed by atoms with Crippen LogP contribution >= 0.6 is 11.3 Å². The molecule has 1 aliphatic heterocycles. The summed E-state index contributed by atoms with van der Waals surface area (Å²) in [6.45, 7) is 5.58. The second kappa shape index (κ2) is 11.1. The van der Waals surface area contributed by atoms with Crippen LogP contribution in [0.25, 0.3) is 49.8 Å². The molecule has 45 heavy (non-hydrogen) atoms. The van der Waals surface area contributed by atoms with Crippen LogP contribution in [-0.2, 0) is 19.1 Å². The van der Waals surface area contributed by atoms with E-state index in [1.807, 2.05) is 43.3 Å². The third kappa shape index (κ3) is 4.52. The first kappa shape index (κ1) is 28.6. The van der Waals surface area contributed by atoms with E-state index in [0.717, 1.165) is 49.4 Å². The minimum atomic E-state index is -0.885. The van der Waals surface area contributed by atoms with Gasteiger partial charge in [0.05, 0.1) is 34.8 Å². The third-order valence-corrected chi connectivity index (χ3v) is 9.51. The first-order valence-corrected chi connectivity index (χ1v) is 15.7. The summed E-state index contributed by atoms with van der Waals surface area (Å²) in [6, 6.07) is 26.2. The first-order chi connectivity index (χ1) is 21.8. The van der Waals surface area contributed by atoms with E-state index in [2.05, 4.69) is 48.5 Å². The molecule has 2 N–H and O–H groups in total. The van der Waals surface area contributed by atoms with Crippen molar-refractivity contribution < 1.29 is 19.1 Å². The fraction of sp³-hybridized carbons (Fsp3) is 0.162. The zero-order valence-corrected chi connectivity index (χ0v) is 25.9. The summed E-state index contributed by atoms with van der Waals surface area (Å²) in [5, 5.41) is 6.72. The van der Waals surface area contributed by atoms with Gasteiger partial charge in [-0.15, -0.1) is 11.3 Å². The van der Waals surface area contributed by atoms with Crippen LogP contribution in [0.2, 0.25) is 0 Å². The van der Waals surface area contributed by atoms with Crippen LogP contribution in [0.15, 0.2) is 89.2 Å². The van der Waals surface area contributed by atoms with E-state index in [4.69, 9.17) is 15.2 Å². The number of hydrogen-bond acceptors (Lipinski definition) is 7. The number of benzene rings is 5. The van der Waals surface area contributed by atoms with E-state index in [9.17, 15) is 14.4 Å². The van der Waals surface area contributed by atoms with Gasteiger partial charge in [-0.05, 0) is 70.3 Å². The maximum atomic E-state index is 14.1. The van der Waals surface area contributed by atoms with Crippen molar-refractivity contribution >= 4 is 73.1 Å². The Labute approximate surface area is 262 Å². The van der Waals surface area contributed by atoms with Gasteiger partial charge in [0.25, 0.3) is 5.56 Å². The van der Waals surface area contributed by atoms with Crippen molar-refractivity contribution in [3.05, 3.63) is 121 Å². The van der Waals surface area contributed by atoms with E-state index in [1.54, 1.807) is 13.8 Å². The molecule has 224 valence electrons. The Bertz CT molecular complexity index is 2360. The predicted octanol–water partition coefficient (Wildman–Crippen LogP) is 5.15. The third-order valence-electron chi connectivity index (χ3n) is 8.40. The number of aromatic nitrogens is 1. The van der Waals surface area contributed by atoms with Gasteiger partial charge < -0.3 is 15.2 Å². The zero-order chi connectivity index (χ0) is 31.4. The molecule has 0 saturated carbocycles. The molecule has 1 unspecified atom stereocenters. The number of nitrogens with two attached hydrogens (primary N) is 1. The van der Waals surface area contributed by atoms with Gasteiger partial charge in [0.1, 0.15) is 10.5 Å². The SMILES string of the molecule is CCOC(=O)C1=C(N)n2c(s/c(=C/c3ccc4ccc5cccc6ccc3c4c56)c2=O)=C(C(=O)OCC)C1c1ccc(C)cc1. The molecule has 8 heteroatoms. The van der Waals surface area contributed by atoms with Crippen LogP contribution in [-0.4, -0.2) is 29.7 Å². The van der Waals surface area contributed by atoms with Crippen molar-refractivity contribution in [1.82, 2.24) is 4.57 Å². The number of carbonyl (C=O) groups excluding carboxylic acids is 2. The number of esters is 2. The van der Waals surface area contributed by atoms with Crippen molar-refractivity contribution in [3.63, 3.8) is 0 Å². The van der Waals surface area contributed by atoms with Crippen LogP contribution in [0.4, 0.5) is 0 Å². The lowest BCUT2D eigenvalue weighted by molar-refractivity contribution is -0.138. The largest absolute Gasteiger partial charge is 0.463 e. The Morgan fingerprint density at radius 1 is 0.822 bits per heavy atom. The Kier molecular flexibility index (Phi) is 7.01. The minimum Gasteiger partial charge on any atom is -0.463 e. The lowest BCUT2D eigenvalue weighted by Crippen LogP contribution is -2.42. The van der Waals surface area contributed by atoms with Gasteiger partial charge in [-0.3, -0.25) is 9.36 Å². The number of ether oxygens (including phenoxy) is 2. The monoisotopic (exact) mass is 614 g/mol. The zero-order valence-electron chi connectivity index (χ0n) is 25.0. The first-order valence-electron chi connectivity index (χ1n) is 14.9. The number of hydrogen-bond donors (Lipinski definition) is 1. The normalized spacial score (nSPS) is 15.3. The average Bonchev–Trinajstić information content (AvgIpc) is 3.36. The van der Waals surface area contributed by atoms with E-state index >= 15 is 0 Å². The summed E-state index contributed by atoms with van der Waals surface area (Å²) >= 11 is 1.16. The van der Waals surface area contributed by atoms with Crippen LogP contribution in [0, 0.1) is 6.92 Å². The predicted molar refractivity (Wildman–Crippen MR) is 180 cm³/mol. The van der Waals surface area contributed by atoms with E-state index in [1.165, 1.54) is 9.95 Å². The lowest BCUT2D eigenvalue weighted by Gasteiger charge is -2.27. The molecule has 1 aromatic heterocycles. The summed E-state index contributed by atoms with van der Waals surface area (Å²) in [5.41, 5.74) is 9.00. The van der Waals surface area contributed by atoms with Crippen LogP contribution in [0.1, 0.15) is 36.5 Å². The van der Waals surface area contributed by atoms with Gasteiger partial charge in [-0.2, -0.15) is 0 Å². The molecule has 0 radical (unpaired) electrons. The Morgan fingerprint density at radius 3 is 2.09 bits per heavy atom. The second-order valence-electron chi connectivity index (χ2n) is 11.1. The molecule has 7 rings (SSSR count). The van der Waals surface area contributed by atoms with Crippen LogP contribution < -0.4 is 20.5 Å². The molecule has 0 aliphatic carbocycles. The average molecular weight is 615 g/mol. The number of thiazole rings is 1. The Hall–Kier alpha value is -5.21. The maximum Gasteiger partial charge on any atom is 0.338 e. The molecule has 0 spiro atoms. The standard InChI is InChI=1S/C37H30N2O5S/c1-4-43-36(41)31-30(24-11-9-20(3)10-12-24)32(37(42)44-5-2)35-39(33(31)38)34(40)27(45-35)19-25-16-15-23-14-13-21-7-6-8-22-17-18-26(25)29(23)28(21)22/h6-19,30H,4-5,38H2,1-3H3/b27-19+. The van der Waals surface area contributed by atoms with Crippen molar-refractivity contribution in [1.29, 1.82) is 0 Å². The minimum absolute atomic E-state index is 0.0328.